The molecular weight excluding hydrogens is 129 g/mol. The summed E-state index contributed by atoms with van der Waals surface area (Å²) in [5.41, 5.74) is 6.05. The molecule has 0 aromatic heterocycles. The number of benzene rings is 1. The minimum absolute atomic E-state index is 0.221. The topological polar surface area (TPSA) is 26.0 Å². The van der Waals surface area contributed by atoms with Crippen LogP contribution in [0.5, 0.6) is 0 Å². The molecule has 0 unspecified atom stereocenters. The monoisotopic (exact) mass is 139 g/mol. The second kappa shape index (κ2) is 2.80. The van der Waals surface area contributed by atoms with Gasteiger partial charge in [0.1, 0.15) is 5.82 Å². The molecule has 2 heteroatoms. The van der Waals surface area contributed by atoms with Crippen LogP contribution in [0.2, 0.25) is 0 Å². The van der Waals surface area contributed by atoms with Gasteiger partial charge in [0.25, 0.3) is 0 Å². The molecule has 54 valence electrons. The third-order valence-corrected chi connectivity index (χ3v) is 1.40. The van der Waals surface area contributed by atoms with E-state index in [0.717, 1.165) is 0 Å². The fourth-order valence-corrected chi connectivity index (χ4v) is 0.844. The van der Waals surface area contributed by atoms with Crippen LogP contribution in [0.15, 0.2) is 24.3 Å². The van der Waals surface area contributed by atoms with Crippen LogP contribution < -0.4 is 5.73 Å². The first-order valence-electron chi connectivity index (χ1n) is 3.22. The zero-order chi connectivity index (χ0) is 7.56. The fourth-order valence-electron chi connectivity index (χ4n) is 0.844. The van der Waals surface area contributed by atoms with Crippen LogP contribution in [0.3, 0.4) is 0 Å². The lowest BCUT2D eigenvalue weighted by Gasteiger charge is -2.04. The van der Waals surface area contributed by atoms with E-state index in [9.17, 15) is 4.39 Å². The number of hydrogen-bond donors (Lipinski definition) is 1. The Hall–Kier alpha value is -0.890. The van der Waals surface area contributed by atoms with E-state index in [1.54, 1.807) is 25.1 Å². The maximum atomic E-state index is 12.8. The Balaban J connectivity index is 3.03. The van der Waals surface area contributed by atoms with Gasteiger partial charge in [-0.3, -0.25) is 0 Å². The van der Waals surface area contributed by atoms with Gasteiger partial charge in [0.2, 0.25) is 0 Å². The molecule has 0 aliphatic carbocycles. The highest BCUT2D eigenvalue weighted by molar-refractivity contribution is 5.19. The minimum atomic E-state index is -0.225. The third-order valence-electron chi connectivity index (χ3n) is 1.40. The zero-order valence-corrected chi connectivity index (χ0v) is 5.84. The highest BCUT2D eigenvalue weighted by atomic mass is 19.1. The SMILES string of the molecule is C[C@H](N)c1ccccc1F. The lowest BCUT2D eigenvalue weighted by atomic mass is 10.1. The summed E-state index contributed by atoms with van der Waals surface area (Å²) in [7, 11) is 0. The second-order valence-corrected chi connectivity index (χ2v) is 2.31. The minimum Gasteiger partial charge on any atom is -0.324 e. The van der Waals surface area contributed by atoms with Crippen molar-refractivity contribution in [1.82, 2.24) is 0 Å². The van der Waals surface area contributed by atoms with E-state index in [-0.39, 0.29) is 11.9 Å². The molecule has 1 atom stereocenters. The molecule has 0 radical (unpaired) electrons. The van der Waals surface area contributed by atoms with Crippen LogP contribution in [-0.4, -0.2) is 0 Å². The average Bonchev–Trinajstić information content (AvgIpc) is 1.88. The zero-order valence-electron chi connectivity index (χ0n) is 5.84. The summed E-state index contributed by atoms with van der Waals surface area (Å²) < 4.78 is 12.8. The highest BCUT2D eigenvalue weighted by Crippen LogP contribution is 2.12. The predicted molar refractivity (Wildman–Crippen MR) is 39.0 cm³/mol. The van der Waals surface area contributed by atoms with E-state index in [4.69, 9.17) is 5.73 Å². The molecule has 0 bridgehead atoms. The quantitative estimate of drug-likeness (QED) is 0.631. The second-order valence-electron chi connectivity index (χ2n) is 2.31. The summed E-state index contributed by atoms with van der Waals surface area (Å²) in [4.78, 5) is 0. The lowest BCUT2D eigenvalue weighted by molar-refractivity contribution is 0.594. The number of halogens is 1. The molecule has 0 amide bonds. The van der Waals surface area contributed by atoms with Gasteiger partial charge < -0.3 is 5.73 Å². The van der Waals surface area contributed by atoms with Gasteiger partial charge in [0, 0.05) is 11.6 Å². The van der Waals surface area contributed by atoms with Crippen molar-refractivity contribution >= 4 is 0 Å². The Morgan fingerprint density at radius 2 is 2.00 bits per heavy atom. The molecular formula is C8H10FN. The van der Waals surface area contributed by atoms with Gasteiger partial charge >= 0.3 is 0 Å². The maximum Gasteiger partial charge on any atom is 0.127 e. The molecule has 1 aromatic rings. The fraction of sp³-hybridized carbons (Fsp3) is 0.250. The van der Waals surface area contributed by atoms with Crippen molar-refractivity contribution < 1.29 is 4.39 Å². The number of rotatable bonds is 1. The number of nitrogens with two attached hydrogens (primary N) is 1. The summed E-state index contributed by atoms with van der Waals surface area (Å²) in [5, 5.41) is 0. The van der Waals surface area contributed by atoms with Gasteiger partial charge in [-0.05, 0) is 13.0 Å². The Bertz CT molecular complexity index is 220. The smallest absolute Gasteiger partial charge is 0.127 e. The van der Waals surface area contributed by atoms with Gasteiger partial charge in [-0.1, -0.05) is 18.2 Å². The summed E-state index contributed by atoms with van der Waals surface area (Å²) in [5.74, 6) is -0.225. The predicted octanol–water partition coefficient (Wildman–Crippen LogP) is 1.85. The summed E-state index contributed by atoms with van der Waals surface area (Å²) in [6.45, 7) is 1.76. The van der Waals surface area contributed by atoms with E-state index >= 15 is 0 Å². The van der Waals surface area contributed by atoms with Crippen molar-refractivity contribution in [3.8, 4) is 0 Å². The standard InChI is InChI=1S/C8H10FN/c1-6(10)7-4-2-3-5-8(7)9/h2-6H,10H2,1H3/t6-/m0/s1. The molecule has 1 rings (SSSR count). The van der Waals surface area contributed by atoms with Crippen molar-refractivity contribution in [2.24, 2.45) is 5.73 Å². The molecule has 0 heterocycles. The molecule has 0 saturated carbocycles. The third kappa shape index (κ3) is 1.33. The first kappa shape index (κ1) is 7.22. The Morgan fingerprint density at radius 3 is 2.40 bits per heavy atom. The maximum absolute atomic E-state index is 12.8. The Labute approximate surface area is 59.7 Å². The summed E-state index contributed by atoms with van der Waals surface area (Å²) in [6, 6.07) is 6.32. The molecule has 0 spiro atoms. The Kier molecular flexibility index (Phi) is 2.02. The van der Waals surface area contributed by atoms with Crippen molar-refractivity contribution in [3.05, 3.63) is 35.6 Å². The van der Waals surface area contributed by atoms with E-state index in [1.165, 1.54) is 6.07 Å². The van der Waals surface area contributed by atoms with Gasteiger partial charge in [-0.2, -0.15) is 0 Å². The normalized spacial score (nSPS) is 13.1. The van der Waals surface area contributed by atoms with E-state index in [2.05, 4.69) is 0 Å². The molecule has 1 nitrogen and oxygen atoms in total. The van der Waals surface area contributed by atoms with Gasteiger partial charge in [-0.25, -0.2) is 4.39 Å². The average molecular weight is 139 g/mol. The van der Waals surface area contributed by atoms with Crippen LogP contribution >= 0.6 is 0 Å². The Morgan fingerprint density at radius 1 is 1.40 bits per heavy atom. The van der Waals surface area contributed by atoms with Crippen LogP contribution in [0.1, 0.15) is 18.5 Å². The van der Waals surface area contributed by atoms with Crippen molar-refractivity contribution in [3.63, 3.8) is 0 Å². The first-order chi connectivity index (χ1) is 4.72. The molecule has 2 N–H and O–H groups in total. The van der Waals surface area contributed by atoms with Crippen molar-refractivity contribution in [1.29, 1.82) is 0 Å². The molecule has 0 aliphatic rings. The number of hydrogen-bond acceptors (Lipinski definition) is 1. The lowest BCUT2D eigenvalue weighted by Crippen LogP contribution is -2.06. The van der Waals surface area contributed by atoms with Crippen molar-refractivity contribution in [2.45, 2.75) is 13.0 Å². The van der Waals surface area contributed by atoms with Gasteiger partial charge in [0.05, 0.1) is 0 Å². The largest absolute Gasteiger partial charge is 0.324 e. The molecule has 0 fully saturated rings. The van der Waals surface area contributed by atoms with Gasteiger partial charge in [0.15, 0.2) is 0 Å². The van der Waals surface area contributed by atoms with E-state index in [0.29, 0.717) is 5.56 Å². The molecule has 0 aliphatic heterocycles. The van der Waals surface area contributed by atoms with Crippen LogP contribution in [0.25, 0.3) is 0 Å². The van der Waals surface area contributed by atoms with Crippen LogP contribution in [0, 0.1) is 5.82 Å². The van der Waals surface area contributed by atoms with E-state index < -0.39 is 0 Å². The summed E-state index contributed by atoms with van der Waals surface area (Å²) in [6.07, 6.45) is 0. The van der Waals surface area contributed by atoms with E-state index in [1.807, 2.05) is 0 Å². The van der Waals surface area contributed by atoms with Crippen molar-refractivity contribution in [2.75, 3.05) is 0 Å². The summed E-state index contributed by atoms with van der Waals surface area (Å²) >= 11 is 0. The van der Waals surface area contributed by atoms with Gasteiger partial charge in [-0.15, -0.1) is 0 Å². The molecule has 0 saturated heterocycles. The molecule has 1 aromatic carbocycles. The van der Waals surface area contributed by atoms with Crippen LogP contribution in [-0.2, 0) is 0 Å². The first-order valence-corrected chi connectivity index (χ1v) is 3.22. The molecule has 10 heavy (non-hydrogen) atoms. The van der Waals surface area contributed by atoms with Crippen LogP contribution in [0.4, 0.5) is 4.39 Å². The highest BCUT2D eigenvalue weighted by Gasteiger charge is 2.03.